The fourth-order valence-corrected chi connectivity index (χ4v) is 5.04. The lowest BCUT2D eigenvalue weighted by atomic mass is 10.1. The van der Waals surface area contributed by atoms with Gasteiger partial charge in [0.05, 0.1) is 23.4 Å². The first-order valence-corrected chi connectivity index (χ1v) is 13.5. The highest BCUT2D eigenvalue weighted by molar-refractivity contribution is 5.99. The molecule has 2 aromatic heterocycles. The largest absolute Gasteiger partial charge is 0.395 e. The van der Waals surface area contributed by atoms with Gasteiger partial charge in [-0.3, -0.25) is 19.1 Å². The number of halogens is 2. The minimum Gasteiger partial charge on any atom is -0.395 e. The number of aromatic nitrogens is 3. The summed E-state index contributed by atoms with van der Waals surface area (Å²) in [5.74, 6) is -2.46. The van der Waals surface area contributed by atoms with Crippen LogP contribution in [0.2, 0.25) is 0 Å². The van der Waals surface area contributed by atoms with E-state index in [1.165, 1.54) is 18.3 Å². The number of carbonyl (C=O) groups is 1. The van der Waals surface area contributed by atoms with Crippen LogP contribution in [-0.4, -0.2) is 69.8 Å². The Balaban J connectivity index is 1.50. The van der Waals surface area contributed by atoms with Crippen LogP contribution in [0.25, 0.3) is 16.7 Å². The van der Waals surface area contributed by atoms with E-state index < -0.39 is 11.6 Å². The molecule has 0 spiro atoms. The van der Waals surface area contributed by atoms with Gasteiger partial charge >= 0.3 is 0 Å². The van der Waals surface area contributed by atoms with Crippen LogP contribution in [0.5, 0.6) is 0 Å². The lowest BCUT2D eigenvalue weighted by molar-refractivity contribution is -0.111. The number of hydrogen-bond donors (Lipinski definition) is 3. The van der Waals surface area contributed by atoms with Crippen molar-refractivity contribution in [3.8, 4) is 5.69 Å². The first-order valence-electron chi connectivity index (χ1n) is 13.5. The van der Waals surface area contributed by atoms with Crippen LogP contribution in [-0.2, 0) is 4.79 Å². The molecule has 0 radical (unpaired) electrons. The lowest BCUT2D eigenvalue weighted by Crippen LogP contribution is -2.47. The fourth-order valence-electron chi connectivity index (χ4n) is 5.04. The number of nitrogens with one attached hydrogen (secondary N) is 2. The average molecular weight is 576 g/mol. The van der Waals surface area contributed by atoms with Crippen LogP contribution in [0.3, 0.4) is 0 Å². The molecule has 0 bridgehead atoms. The van der Waals surface area contributed by atoms with Crippen LogP contribution in [0.4, 0.5) is 31.8 Å². The summed E-state index contributed by atoms with van der Waals surface area (Å²) >= 11 is 0. The van der Waals surface area contributed by atoms with E-state index in [2.05, 4.69) is 32.1 Å². The molecule has 3 heterocycles. The molecule has 2 aromatic carbocycles. The predicted octanol–water partition coefficient (Wildman–Crippen LogP) is 3.66. The SMILES string of the molecule is C=CC(=O)Nc1cccc(-n2c(C)c(C)c(=O)c3cnc(Nc4ccc(N5CCN(CCO)CC5)c(F)c4F)nc32)c1. The quantitative estimate of drug-likeness (QED) is 0.273. The van der Waals surface area contributed by atoms with Crippen LogP contribution in [0, 0.1) is 25.5 Å². The second-order valence-electron chi connectivity index (χ2n) is 9.99. The smallest absolute Gasteiger partial charge is 0.247 e. The maximum absolute atomic E-state index is 15.3. The van der Waals surface area contributed by atoms with Crippen LogP contribution in [0.1, 0.15) is 11.3 Å². The molecule has 0 saturated carbocycles. The summed E-state index contributed by atoms with van der Waals surface area (Å²) in [5.41, 5.74) is 2.26. The average Bonchev–Trinajstić information content (AvgIpc) is 2.99. The molecule has 5 rings (SSSR count). The Morgan fingerprint density at radius 3 is 2.60 bits per heavy atom. The van der Waals surface area contributed by atoms with Gasteiger partial charge in [-0.15, -0.1) is 0 Å². The van der Waals surface area contributed by atoms with Crippen molar-refractivity contribution in [2.75, 3.05) is 54.9 Å². The van der Waals surface area contributed by atoms with Gasteiger partial charge in [-0.25, -0.2) is 13.8 Å². The van der Waals surface area contributed by atoms with E-state index in [9.17, 15) is 9.59 Å². The molecule has 218 valence electrons. The summed E-state index contributed by atoms with van der Waals surface area (Å²) in [6.07, 6.45) is 2.52. The second-order valence-corrected chi connectivity index (χ2v) is 9.99. The Kier molecular flexibility index (Phi) is 8.27. The molecular weight excluding hydrogens is 544 g/mol. The minimum atomic E-state index is -1.07. The first-order chi connectivity index (χ1) is 20.2. The molecule has 10 nitrogen and oxygen atoms in total. The van der Waals surface area contributed by atoms with Gasteiger partial charge in [-0.1, -0.05) is 12.6 Å². The number of pyridine rings is 1. The maximum atomic E-state index is 15.3. The molecule has 1 aliphatic rings. The molecule has 0 atom stereocenters. The number of amides is 1. The van der Waals surface area contributed by atoms with Gasteiger partial charge in [0.15, 0.2) is 22.7 Å². The van der Waals surface area contributed by atoms with Gasteiger partial charge in [0, 0.05) is 61.6 Å². The zero-order chi connectivity index (χ0) is 30.0. The number of hydrogen-bond acceptors (Lipinski definition) is 8. The molecule has 0 unspecified atom stereocenters. The van der Waals surface area contributed by atoms with E-state index in [-0.39, 0.29) is 46.3 Å². The molecule has 1 aliphatic heterocycles. The van der Waals surface area contributed by atoms with E-state index >= 15 is 8.78 Å². The molecule has 12 heteroatoms. The van der Waals surface area contributed by atoms with Gasteiger partial charge in [-0.05, 0) is 50.3 Å². The second kappa shape index (κ2) is 12.0. The standard InChI is InChI=1S/C30H31F2N7O3/c1-4-25(41)34-20-6-5-7-21(16-20)39-19(3)18(2)28(42)22-17-33-30(36-29(22)39)35-23-8-9-24(27(32)26(23)31)38-12-10-37(11-13-38)14-15-40/h4-9,16-17,40H,1,10-15H2,2-3H3,(H,34,41)(H,33,35,36). The van der Waals surface area contributed by atoms with E-state index in [1.54, 1.807) is 47.6 Å². The van der Waals surface area contributed by atoms with Crippen molar-refractivity contribution in [1.82, 2.24) is 19.4 Å². The number of aliphatic hydroxyl groups excluding tert-OH is 1. The number of benzene rings is 2. The highest BCUT2D eigenvalue weighted by Gasteiger charge is 2.23. The van der Waals surface area contributed by atoms with Crippen LogP contribution < -0.4 is 21.0 Å². The van der Waals surface area contributed by atoms with Crippen molar-refractivity contribution in [2.24, 2.45) is 0 Å². The number of anilines is 4. The van der Waals surface area contributed by atoms with Crippen molar-refractivity contribution in [3.63, 3.8) is 0 Å². The van der Waals surface area contributed by atoms with Gasteiger partial charge in [-0.2, -0.15) is 4.98 Å². The Bertz CT molecular complexity index is 1730. The molecule has 1 amide bonds. The van der Waals surface area contributed by atoms with Gasteiger partial charge in [0.1, 0.15) is 0 Å². The number of aliphatic hydroxyl groups is 1. The molecule has 42 heavy (non-hydrogen) atoms. The van der Waals surface area contributed by atoms with E-state index in [4.69, 9.17) is 5.11 Å². The molecule has 1 saturated heterocycles. The van der Waals surface area contributed by atoms with E-state index in [0.29, 0.717) is 55.4 Å². The third kappa shape index (κ3) is 5.58. The number of nitrogens with zero attached hydrogens (tertiary/aromatic N) is 5. The number of rotatable bonds is 8. The predicted molar refractivity (Wildman–Crippen MR) is 159 cm³/mol. The Hall–Kier alpha value is -4.68. The molecule has 0 aliphatic carbocycles. The topological polar surface area (TPSA) is 116 Å². The third-order valence-corrected chi connectivity index (χ3v) is 7.44. The van der Waals surface area contributed by atoms with Crippen LogP contribution >= 0.6 is 0 Å². The van der Waals surface area contributed by atoms with Crippen LogP contribution in [0.15, 0.2) is 60.0 Å². The summed E-state index contributed by atoms with van der Waals surface area (Å²) in [6, 6.07) is 9.93. The number of piperazine rings is 1. The van der Waals surface area contributed by atoms with Gasteiger partial charge < -0.3 is 20.6 Å². The zero-order valence-corrected chi connectivity index (χ0v) is 23.3. The summed E-state index contributed by atoms with van der Waals surface area (Å²) in [7, 11) is 0. The van der Waals surface area contributed by atoms with Crippen molar-refractivity contribution >= 4 is 40.0 Å². The molecule has 4 aromatic rings. The minimum absolute atomic E-state index is 0.0290. The monoisotopic (exact) mass is 575 g/mol. The maximum Gasteiger partial charge on any atom is 0.247 e. The third-order valence-electron chi connectivity index (χ3n) is 7.44. The lowest BCUT2D eigenvalue weighted by Gasteiger charge is -2.36. The fraction of sp³-hybridized carbons (Fsp3) is 0.267. The first kappa shape index (κ1) is 28.8. The van der Waals surface area contributed by atoms with E-state index in [1.807, 2.05) is 0 Å². The zero-order valence-electron chi connectivity index (χ0n) is 23.3. The molecule has 3 N–H and O–H groups in total. The Morgan fingerprint density at radius 2 is 1.88 bits per heavy atom. The molecule has 1 fully saturated rings. The summed E-state index contributed by atoms with van der Waals surface area (Å²) in [4.78, 5) is 37.5. The number of β-amino-alcohol motifs (C(OH)–C–C–N with tert-alkyl or cyclic N) is 1. The highest BCUT2D eigenvalue weighted by atomic mass is 19.2. The van der Waals surface area contributed by atoms with Crippen molar-refractivity contribution in [3.05, 3.63) is 88.4 Å². The Labute approximate surface area is 240 Å². The summed E-state index contributed by atoms with van der Waals surface area (Å²) in [5, 5.41) is 14.9. The summed E-state index contributed by atoms with van der Waals surface area (Å²) < 4.78 is 32.2. The van der Waals surface area contributed by atoms with Crippen molar-refractivity contribution in [1.29, 1.82) is 0 Å². The van der Waals surface area contributed by atoms with Gasteiger partial charge in [0.2, 0.25) is 11.9 Å². The number of fused-ring (bicyclic) bond motifs is 1. The molecular formula is C30H31F2N7O3. The summed E-state index contributed by atoms with van der Waals surface area (Å²) in [6.45, 7) is 9.83. The van der Waals surface area contributed by atoms with Crippen molar-refractivity contribution in [2.45, 2.75) is 13.8 Å². The number of carbonyl (C=O) groups excluding carboxylic acids is 1. The van der Waals surface area contributed by atoms with Crippen molar-refractivity contribution < 1.29 is 18.7 Å². The Morgan fingerprint density at radius 1 is 1.12 bits per heavy atom. The normalized spacial score (nSPS) is 13.8. The van der Waals surface area contributed by atoms with Gasteiger partial charge in [0.25, 0.3) is 0 Å². The van der Waals surface area contributed by atoms with E-state index in [0.717, 1.165) is 6.08 Å². The highest BCUT2D eigenvalue weighted by Crippen LogP contribution is 2.30.